The number of rotatable bonds is 5. The molecule has 4 rings (SSSR count). The smallest absolute Gasteiger partial charge is 0.355 e. The number of nitrogens with zero attached hydrogens (tertiary/aromatic N) is 2. The summed E-state index contributed by atoms with van der Waals surface area (Å²) in [6.45, 7) is 5.19. The van der Waals surface area contributed by atoms with Gasteiger partial charge in [-0.25, -0.2) is 9.59 Å². The Morgan fingerprint density at radius 2 is 1.58 bits per heavy atom. The predicted molar refractivity (Wildman–Crippen MR) is 118 cm³/mol. The van der Waals surface area contributed by atoms with E-state index in [-0.39, 0.29) is 47.1 Å². The Labute approximate surface area is 194 Å². The number of hydrogen-bond acceptors (Lipinski definition) is 8. The molecular weight excluding hydrogens is 448 g/mol. The van der Waals surface area contributed by atoms with E-state index in [9.17, 15) is 24.0 Å². The summed E-state index contributed by atoms with van der Waals surface area (Å²) in [6.07, 6.45) is -0.197. The van der Waals surface area contributed by atoms with E-state index in [1.807, 2.05) is 0 Å². The van der Waals surface area contributed by atoms with Crippen molar-refractivity contribution in [3.8, 4) is 0 Å². The fourth-order valence-corrected chi connectivity index (χ4v) is 5.24. The minimum absolute atomic E-state index is 0.00120. The maximum atomic E-state index is 13.7. The van der Waals surface area contributed by atoms with E-state index < -0.39 is 35.7 Å². The maximum absolute atomic E-state index is 13.7. The van der Waals surface area contributed by atoms with Crippen molar-refractivity contribution in [2.24, 2.45) is 0 Å². The monoisotopic (exact) mass is 470 g/mol. The molecule has 1 aromatic rings. The third-order valence-electron chi connectivity index (χ3n) is 5.55. The van der Waals surface area contributed by atoms with Crippen molar-refractivity contribution in [3.05, 3.63) is 57.3 Å². The van der Waals surface area contributed by atoms with E-state index in [4.69, 9.17) is 9.47 Å². The number of amides is 3. The normalized spacial score (nSPS) is 20.2. The Balaban J connectivity index is 1.83. The first-order valence-electron chi connectivity index (χ1n) is 10.5. The molecule has 3 heterocycles. The van der Waals surface area contributed by atoms with Gasteiger partial charge in [-0.05, 0) is 38.5 Å². The van der Waals surface area contributed by atoms with Crippen LogP contribution in [0.2, 0.25) is 0 Å². The average Bonchev–Trinajstić information content (AvgIpc) is 3.05. The van der Waals surface area contributed by atoms with Gasteiger partial charge in [0.2, 0.25) is 0 Å². The summed E-state index contributed by atoms with van der Waals surface area (Å²) in [5, 5.41) is 0.264. The van der Waals surface area contributed by atoms with Gasteiger partial charge in [-0.15, -0.1) is 11.8 Å². The zero-order chi connectivity index (χ0) is 23.9. The lowest BCUT2D eigenvalue weighted by Gasteiger charge is -2.40. The number of carbonyl (C=O) groups excluding carboxylic acids is 5. The van der Waals surface area contributed by atoms with Crippen LogP contribution in [0, 0.1) is 0 Å². The molecule has 10 heteroatoms. The fraction of sp³-hybridized carbons (Fsp3) is 0.348. The van der Waals surface area contributed by atoms with Gasteiger partial charge >= 0.3 is 11.9 Å². The number of ether oxygens (including phenoxy) is 2. The van der Waals surface area contributed by atoms with E-state index in [0.717, 1.165) is 9.80 Å². The molecular formula is C23H22N2O7S. The van der Waals surface area contributed by atoms with Gasteiger partial charge in [0.05, 0.1) is 34.9 Å². The van der Waals surface area contributed by atoms with Gasteiger partial charge in [0, 0.05) is 12.2 Å². The highest BCUT2D eigenvalue weighted by atomic mass is 32.2. The van der Waals surface area contributed by atoms with E-state index in [1.54, 1.807) is 32.9 Å². The fourth-order valence-electron chi connectivity index (χ4n) is 4.10. The third kappa shape index (κ3) is 3.64. The highest BCUT2D eigenvalue weighted by Gasteiger charge is 2.50. The van der Waals surface area contributed by atoms with Crippen molar-refractivity contribution < 1.29 is 33.4 Å². The number of benzene rings is 1. The topological polar surface area (TPSA) is 110 Å². The predicted octanol–water partition coefficient (Wildman–Crippen LogP) is 2.24. The first-order valence-corrected chi connectivity index (χ1v) is 11.5. The van der Waals surface area contributed by atoms with E-state index in [2.05, 4.69) is 0 Å². The average molecular weight is 471 g/mol. The molecule has 0 saturated carbocycles. The molecule has 0 bridgehead atoms. The molecule has 3 aliphatic rings. The highest BCUT2D eigenvalue weighted by Crippen LogP contribution is 2.43. The van der Waals surface area contributed by atoms with Crippen LogP contribution in [0.5, 0.6) is 0 Å². The SMILES string of the molecule is CCOC(=O)C1=C2SCC(C)=C(C(=O)OCC)N2C(=O)C(N2C(=O)c3ccccc3C2=O)C1. The lowest BCUT2D eigenvalue weighted by atomic mass is 9.98. The maximum Gasteiger partial charge on any atom is 0.355 e. The Morgan fingerprint density at radius 3 is 2.15 bits per heavy atom. The molecule has 3 amide bonds. The second-order valence-corrected chi connectivity index (χ2v) is 8.53. The van der Waals surface area contributed by atoms with Crippen molar-refractivity contribution in [1.82, 2.24) is 9.80 Å². The molecule has 0 aliphatic carbocycles. The molecule has 172 valence electrons. The van der Waals surface area contributed by atoms with Gasteiger partial charge in [-0.1, -0.05) is 12.1 Å². The zero-order valence-electron chi connectivity index (χ0n) is 18.4. The quantitative estimate of drug-likeness (QED) is 0.476. The van der Waals surface area contributed by atoms with Crippen LogP contribution in [0.1, 0.15) is 47.9 Å². The summed E-state index contributed by atoms with van der Waals surface area (Å²) in [4.78, 5) is 67.5. The molecule has 3 aliphatic heterocycles. The van der Waals surface area contributed by atoms with Crippen LogP contribution >= 0.6 is 11.8 Å². The highest BCUT2D eigenvalue weighted by molar-refractivity contribution is 8.03. The number of thioether (sulfide) groups is 1. The summed E-state index contributed by atoms with van der Waals surface area (Å²) in [7, 11) is 0. The van der Waals surface area contributed by atoms with Gasteiger partial charge < -0.3 is 9.47 Å². The largest absolute Gasteiger partial charge is 0.463 e. The van der Waals surface area contributed by atoms with Crippen molar-refractivity contribution in [3.63, 3.8) is 0 Å². The van der Waals surface area contributed by atoms with E-state index in [1.165, 1.54) is 23.9 Å². The van der Waals surface area contributed by atoms with Gasteiger partial charge in [0.15, 0.2) is 0 Å². The summed E-state index contributed by atoms with van der Waals surface area (Å²) in [5.41, 5.74) is 1.10. The third-order valence-corrected chi connectivity index (χ3v) is 6.82. The molecule has 0 N–H and O–H groups in total. The van der Waals surface area contributed by atoms with Crippen LogP contribution < -0.4 is 0 Å². The van der Waals surface area contributed by atoms with Crippen molar-refractivity contribution in [2.45, 2.75) is 33.2 Å². The number of carbonyl (C=O) groups is 5. The Hall–Kier alpha value is -3.40. The zero-order valence-corrected chi connectivity index (χ0v) is 19.2. The number of hydrogen-bond donors (Lipinski definition) is 0. The summed E-state index contributed by atoms with van der Waals surface area (Å²) in [5.74, 6) is -2.91. The Bertz CT molecular complexity index is 1120. The van der Waals surface area contributed by atoms with Crippen molar-refractivity contribution >= 4 is 41.4 Å². The molecule has 1 unspecified atom stereocenters. The molecule has 0 spiro atoms. The summed E-state index contributed by atoms with van der Waals surface area (Å²) >= 11 is 1.22. The number of imide groups is 1. The van der Waals surface area contributed by atoms with Crippen LogP contribution in [0.4, 0.5) is 0 Å². The Kier molecular flexibility index (Phi) is 6.11. The van der Waals surface area contributed by atoms with Crippen LogP contribution in [-0.4, -0.2) is 64.5 Å². The van der Waals surface area contributed by atoms with Crippen LogP contribution in [0.3, 0.4) is 0 Å². The lowest BCUT2D eigenvalue weighted by molar-refractivity contribution is -0.145. The molecule has 0 aromatic heterocycles. The summed E-state index contributed by atoms with van der Waals surface area (Å²) in [6, 6.07) is 4.98. The molecule has 33 heavy (non-hydrogen) atoms. The van der Waals surface area contributed by atoms with Crippen molar-refractivity contribution in [1.29, 1.82) is 0 Å². The summed E-state index contributed by atoms with van der Waals surface area (Å²) < 4.78 is 10.4. The minimum Gasteiger partial charge on any atom is -0.463 e. The molecule has 0 saturated heterocycles. The van der Waals surface area contributed by atoms with Crippen LogP contribution in [0.25, 0.3) is 0 Å². The number of fused-ring (bicyclic) bond motifs is 2. The van der Waals surface area contributed by atoms with Crippen LogP contribution in [0.15, 0.2) is 46.1 Å². The van der Waals surface area contributed by atoms with Gasteiger partial charge in [0.25, 0.3) is 17.7 Å². The van der Waals surface area contributed by atoms with Crippen LogP contribution in [-0.2, 0) is 23.9 Å². The van der Waals surface area contributed by atoms with Gasteiger partial charge in [-0.3, -0.25) is 24.2 Å². The number of esters is 2. The minimum atomic E-state index is -1.31. The molecule has 9 nitrogen and oxygen atoms in total. The van der Waals surface area contributed by atoms with Crippen molar-refractivity contribution in [2.75, 3.05) is 19.0 Å². The molecule has 0 fully saturated rings. The first kappa shape index (κ1) is 22.8. The van der Waals surface area contributed by atoms with E-state index >= 15 is 0 Å². The standard InChI is InChI=1S/C23H22N2O7S/c1-4-31-22(29)15-10-16(24-18(26)13-8-6-7-9-14(13)19(24)27)20(28)25-17(23(30)32-5-2)12(3)11-33-21(15)25/h6-9,16H,4-5,10-11H2,1-3H3. The molecule has 1 aromatic carbocycles. The molecule has 1 atom stereocenters. The second-order valence-electron chi connectivity index (χ2n) is 7.56. The second kappa shape index (κ2) is 8.86. The lowest BCUT2D eigenvalue weighted by Crippen LogP contribution is -2.55. The van der Waals surface area contributed by atoms with Gasteiger partial charge in [-0.2, -0.15) is 0 Å². The molecule has 0 radical (unpaired) electrons. The van der Waals surface area contributed by atoms with E-state index in [0.29, 0.717) is 11.3 Å². The Morgan fingerprint density at radius 1 is 1.00 bits per heavy atom. The van der Waals surface area contributed by atoms with Gasteiger partial charge in [0.1, 0.15) is 11.7 Å². The first-order chi connectivity index (χ1) is 15.8.